The molecule has 4 rings (SSSR count). The highest BCUT2D eigenvalue weighted by Crippen LogP contribution is 2.36. The number of aromatic amines is 1. The Hall–Kier alpha value is -5.14. The molecule has 0 saturated heterocycles. The normalized spacial score (nSPS) is 13.7. The van der Waals surface area contributed by atoms with Crippen molar-refractivity contribution in [3.63, 3.8) is 0 Å². The molecule has 14 heteroatoms. The second-order valence-corrected chi connectivity index (χ2v) is 12.0. The molecule has 1 aliphatic heterocycles. The Labute approximate surface area is 260 Å². The average Bonchev–Trinajstić information content (AvgIpc) is 3.64. The summed E-state index contributed by atoms with van der Waals surface area (Å²) in [6.07, 6.45) is 3.70. The van der Waals surface area contributed by atoms with Crippen molar-refractivity contribution in [1.82, 2.24) is 25.1 Å². The zero-order chi connectivity index (χ0) is 32.9. The maximum atomic E-state index is 12.9. The lowest BCUT2D eigenvalue weighted by atomic mass is 10.1. The number of hydrogen-bond donors (Lipinski definition) is 3. The molecular formula is C31H38N6O8. The summed E-state index contributed by atoms with van der Waals surface area (Å²) in [5, 5.41) is 9.74. The second-order valence-electron chi connectivity index (χ2n) is 12.0. The minimum atomic E-state index is -0.769. The summed E-state index contributed by atoms with van der Waals surface area (Å²) in [4.78, 5) is 57.8. The topological polar surface area (TPSA) is 176 Å². The van der Waals surface area contributed by atoms with Gasteiger partial charge in [0, 0.05) is 12.7 Å². The molecule has 0 saturated carbocycles. The van der Waals surface area contributed by atoms with Gasteiger partial charge in [-0.3, -0.25) is 4.79 Å². The highest BCUT2D eigenvalue weighted by molar-refractivity contribution is 6.34. The molecule has 0 atom stereocenters. The molecule has 0 aliphatic carbocycles. The van der Waals surface area contributed by atoms with E-state index in [2.05, 4.69) is 20.7 Å². The molecule has 14 nitrogen and oxygen atoms in total. The van der Waals surface area contributed by atoms with Crippen LogP contribution >= 0.6 is 0 Å². The zero-order valence-corrected chi connectivity index (χ0v) is 26.4. The number of H-pyrrole nitrogens is 1. The standard InChI is InChI=1S/C31H38N6O8/c1-8-42-27(39)18-12-14-32-23(18)16-19-24-22(35-25(19)38)11-10-21(34-24)20-17-37(29(41)45-31(5,6)7)36-26(20)43-15-9-13-33-28(40)44-30(2,3)4/h10-12,14,16-17,32H,8-9,13,15H2,1-7H3,(H,33,40)(H,35,38)/b19-16-. The first-order valence-electron chi connectivity index (χ1n) is 14.5. The van der Waals surface area contributed by atoms with Crippen molar-refractivity contribution in [3.05, 3.63) is 47.5 Å². The largest absolute Gasteiger partial charge is 0.476 e. The summed E-state index contributed by atoms with van der Waals surface area (Å²) in [5.74, 6) is -0.830. The van der Waals surface area contributed by atoms with E-state index in [0.717, 1.165) is 4.68 Å². The lowest BCUT2D eigenvalue weighted by molar-refractivity contribution is -0.110. The van der Waals surface area contributed by atoms with Gasteiger partial charge in [-0.25, -0.2) is 19.4 Å². The Kier molecular flexibility index (Phi) is 9.64. The first kappa shape index (κ1) is 32.8. The SMILES string of the molecule is CCOC(=O)c1cc[nH]c1/C=C1\C(=O)Nc2ccc(-c3cn(C(=O)OC(C)(C)C)nc3OCCCNC(=O)OC(C)(C)C)nc21. The van der Waals surface area contributed by atoms with Crippen molar-refractivity contribution in [1.29, 1.82) is 0 Å². The van der Waals surface area contributed by atoms with Crippen LogP contribution in [-0.4, -0.2) is 74.8 Å². The predicted octanol–water partition coefficient (Wildman–Crippen LogP) is 5.02. The molecule has 0 unspecified atom stereocenters. The Morgan fingerprint density at radius 3 is 2.47 bits per heavy atom. The van der Waals surface area contributed by atoms with Crippen LogP contribution < -0.4 is 15.4 Å². The van der Waals surface area contributed by atoms with Crippen LogP contribution in [0.2, 0.25) is 0 Å². The van der Waals surface area contributed by atoms with Crippen LogP contribution in [0.4, 0.5) is 15.3 Å². The van der Waals surface area contributed by atoms with Crippen LogP contribution in [-0.2, 0) is 19.0 Å². The Bertz CT molecular complexity index is 1620. The van der Waals surface area contributed by atoms with Gasteiger partial charge in [-0.05, 0) is 79.2 Å². The highest BCUT2D eigenvalue weighted by Gasteiger charge is 2.29. The van der Waals surface area contributed by atoms with Gasteiger partial charge in [0.15, 0.2) is 0 Å². The van der Waals surface area contributed by atoms with Crippen LogP contribution in [0.25, 0.3) is 22.9 Å². The van der Waals surface area contributed by atoms with E-state index in [1.807, 2.05) is 0 Å². The number of anilines is 1. The van der Waals surface area contributed by atoms with Crippen LogP contribution in [0.15, 0.2) is 30.6 Å². The van der Waals surface area contributed by atoms with Gasteiger partial charge in [0.25, 0.3) is 5.91 Å². The maximum Gasteiger partial charge on any atom is 0.435 e. The summed E-state index contributed by atoms with van der Waals surface area (Å²) in [5.41, 5.74) is 1.03. The first-order chi connectivity index (χ1) is 21.1. The van der Waals surface area contributed by atoms with Gasteiger partial charge in [-0.1, -0.05) is 0 Å². The fourth-order valence-corrected chi connectivity index (χ4v) is 4.17. The molecule has 0 aromatic carbocycles. The zero-order valence-electron chi connectivity index (χ0n) is 26.4. The minimum absolute atomic E-state index is 0.0994. The Morgan fingerprint density at radius 2 is 1.78 bits per heavy atom. The van der Waals surface area contributed by atoms with E-state index in [1.54, 1.807) is 72.9 Å². The van der Waals surface area contributed by atoms with E-state index in [4.69, 9.17) is 23.9 Å². The van der Waals surface area contributed by atoms with Crippen molar-refractivity contribution in [2.45, 2.75) is 66.1 Å². The number of rotatable bonds is 9. The summed E-state index contributed by atoms with van der Waals surface area (Å²) in [6.45, 7) is 12.9. The number of esters is 1. The van der Waals surface area contributed by atoms with Gasteiger partial charge in [-0.2, -0.15) is 4.68 Å². The maximum absolute atomic E-state index is 12.9. The molecule has 3 aromatic heterocycles. The average molecular weight is 623 g/mol. The highest BCUT2D eigenvalue weighted by atomic mass is 16.6. The van der Waals surface area contributed by atoms with Crippen molar-refractivity contribution in [2.75, 3.05) is 25.1 Å². The number of pyridine rings is 1. The molecule has 1 aliphatic rings. The monoisotopic (exact) mass is 622 g/mol. The molecule has 3 N–H and O–H groups in total. The number of nitrogens with one attached hydrogen (secondary N) is 3. The van der Waals surface area contributed by atoms with Gasteiger partial charge in [0.1, 0.15) is 16.9 Å². The van der Waals surface area contributed by atoms with Gasteiger partial charge in [0.2, 0.25) is 5.88 Å². The van der Waals surface area contributed by atoms with Crippen LogP contribution in [0.1, 0.15) is 76.6 Å². The van der Waals surface area contributed by atoms with E-state index in [0.29, 0.717) is 34.8 Å². The summed E-state index contributed by atoms with van der Waals surface area (Å²) < 4.78 is 22.8. The Morgan fingerprint density at radius 1 is 1.04 bits per heavy atom. The summed E-state index contributed by atoms with van der Waals surface area (Å²) in [7, 11) is 0. The minimum Gasteiger partial charge on any atom is -0.476 e. The molecule has 0 bridgehead atoms. The molecule has 240 valence electrons. The van der Waals surface area contributed by atoms with Crippen LogP contribution in [0.5, 0.6) is 5.88 Å². The quantitative estimate of drug-likeness (QED) is 0.127. The fourth-order valence-electron chi connectivity index (χ4n) is 4.17. The molecule has 0 radical (unpaired) electrons. The van der Waals surface area contributed by atoms with Crippen molar-refractivity contribution in [3.8, 4) is 17.1 Å². The molecule has 45 heavy (non-hydrogen) atoms. The third-order valence-electron chi connectivity index (χ3n) is 5.97. The number of nitrogens with zero attached hydrogens (tertiary/aromatic N) is 3. The molecule has 3 aromatic rings. The van der Waals surface area contributed by atoms with Crippen molar-refractivity contribution < 1.29 is 38.1 Å². The lowest BCUT2D eigenvalue weighted by Crippen LogP contribution is -2.33. The number of hydrogen-bond acceptors (Lipinski definition) is 10. The number of ether oxygens (including phenoxy) is 4. The Balaban J connectivity index is 1.61. The van der Waals surface area contributed by atoms with Crippen molar-refractivity contribution in [2.24, 2.45) is 0 Å². The number of carbonyl (C=O) groups is 4. The third-order valence-corrected chi connectivity index (χ3v) is 5.97. The predicted molar refractivity (Wildman–Crippen MR) is 165 cm³/mol. The van der Waals surface area contributed by atoms with E-state index >= 15 is 0 Å². The first-order valence-corrected chi connectivity index (χ1v) is 14.5. The van der Waals surface area contributed by atoms with Gasteiger partial charge in [-0.15, -0.1) is 5.10 Å². The van der Waals surface area contributed by atoms with Crippen LogP contribution in [0, 0.1) is 0 Å². The van der Waals surface area contributed by atoms with Gasteiger partial charge >= 0.3 is 18.2 Å². The number of alkyl carbamates (subject to hydrolysis) is 1. The molecule has 0 spiro atoms. The summed E-state index contributed by atoms with van der Waals surface area (Å²) in [6, 6.07) is 4.91. The molecule has 4 heterocycles. The van der Waals surface area contributed by atoms with Crippen molar-refractivity contribution >= 4 is 41.4 Å². The molecular weight excluding hydrogens is 584 g/mol. The second kappa shape index (κ2) is 13.2. The number of amides is 2. The van der Waals surface area contributed by atoms with E-state index in [1.165, 1.54) is 12.3 Å². The molecule has 0 fully saturated rings. The number of fused-ring (bicyclic) bond motifs is 1. The number of aromatic nitrogens is 4. The van der Waals surface area contributed by atoms with E-state index in [9.17, 15) is 19.2 Å². The number of carbonyl (C=O) groups excluding carboxylic acids is 4. The van der Waals surface area contributed by atoms with E-state index in [-0.39, 0.29) is 36.8 Å². The summed E-state index contributed by atoms with van der Waals surface area (Å²) >= 11 is 0. The van der Waals surface area contributed by atoms with Crippen LogP contribution in [0.3, 0.4) is 0 Å². The lowest BCUT2D eigenvalue weighted by Gasteiger charge is -2.19. The van der Waals surface area contributed by atoms with Gasteiger partial charge < -0.3 is 34.6 Å². The third kappa shape index (κ3) is 8.49. The van der Waals surface area contributed by atoms with Gasteiger partial charge in [0.05, 0.1) is 53.2 Å². The fraction of sp³-hybridized carbons (Fsp3) is 0.419. The van der Waals surface area contributed by atoms with E-state index < -0.39 is 35.3 Å². The smallest absolute Gasteiger partial charge is 0.435 e. The molecule has 2 amide bonds.